The molecule has 0 saturated carbocycles. The summed E-state index contributed by atoms with van der Waals surface area (Å²) in [6, 6.07) is 11.7. The van der Waals surface area contributed by atoms with Crippen LogP contribution in [0.25, 0.3) is 0 Å². The van der Waals surface area contributed by atoms with Crippen LogP contribution in [0.3, 0.4) is 0 Å². The average Bonchev–Trinajstić information content (AvgIpc) is 3.30. The van der Waals surface area contributed by atoms with Crippen LogP contribution >= 0.6 is 0 Å². The smallest absolute Gasteiger partial charge is 0.262 e. The van der Waals surface area contributed by atoms with Crippen LogP contribution in [0.4, 0.5) is 5.82 Å². The molecule has 0 radical (unpaired) electrons. The number of rotatable bonds is 5. The van der Waals surface area contributed by atoms with Gasteiger partial charge in [0.25, 0.3) is 10.0 Å². The SMILES string of the molecule is Cc1cc(N[C@H]2CN(S(=O)(=O)c3cn(C)cn3)C[C@@H]2c2ccccc2)ncn1. The number of imidazole rings is 1. The van der Waals surface area contributed by atoms with Crippen molar-refractivity contribution in [3.05, 3.63) is 66.5 Å². The normalized spacial score (nSPS) is 20.4. The maximum atomic E-state index is 13.1. The first-order chi connectivity index (χ1) is 13.4. The fourth-order valence-electron chi connectivity index (χ4n) is 3.53. The lowest BCUT2D eigenvalue weighted by Gasteiger charge is -2.20. The number of hydrogen-bond acceptors (Lipinski definition) is 6. The summed E-state index contributed by atoms with van der Waals surface area (Å²) in [4.78, 5) is 12.4. The summed E-state index contributed by atoms with van der Waals surface area (Å²) in [5.74, 6) is 0.686. The summed E-state index contributed by atoms with van der Waals surface area (Å²) in [6.07, 6.45) is 4.53. The maximum absolute atomic E-state index is 13.1. The molecule has 4 rings (SSSR count). The van der Waals surface area contributed by atoms with Gasteiger partial charge in [0.15, 0.2) is 5.03 Å². The first kappa shape index (κ1) is 18.6. The van der Waals surface area contributed by atoms with E-state index < -0.39 is 10.0 Å². The minimum atomic E-state index is -3.66. The summed E-state index contributed by atoms with van der Waals surface area (Å²) in [5, 5.41) is 3.48. The zero-order valence-corrected chi connectivity index (χ0v) is 16.5. The Bertz CT molecular complexity index is 1070. The average molecular weight is 398 g/mol. The predicted octanol–water partition coefficient (Wildman–Crippen LogP) is 1.79. The van der Waals surface area contributed by atoms with E-state index in [-0.39, 0.29) is 17.0 Å². The first-order valence-corrected chi connectivity index (χ1v) is 10.5. The van der Waals surface area contributed by atoms with Crippen molar-refractivity contribution < 1.29 is 8.42 Å². The fraction of sp³-hybridized carbons (Fsp3) is 0.316. The molecule has 1 saturated heterocycles. The Morgan fingerprint density at radius 3 is 2.57 bits per heavy atom. The molecule has 1 aliphatic rings. The van der Waals surface area contributed by atoms with Gasteiger partial charge in [-0.1, -0.05) is 30.3 Å². The standard InChI is InChI=1S/C19H22N6O2S/c1-14-8-18(21-12-20-14)23-17-10-25(9-16(17)15-6-4-3-5-7-15)28(26,27)19-11-24(2)13-22-19/h3-8,11-13,16-17H,9-10H2,1-2H3,(H,20,21,23)/t16-,17+/m1/s1. The largest absolute Gasteiger partial charge is 0.365 e. The molecule has 1 N–H and O–H groups in total. The van der Waals surface area contributed by atoms with Crippen LogP contribution in [-0.4, -0.2) is 51.4 Å². The molecule has 0 spiro atoms. The molecule has 0 unspecified atom stereocenters. The van der Waals surface area contributed by atoms with Gasteiger partial charge in [-0.05, 0) is 12.5 Å². The molecule has 0 aliphatic carbocycles. The topological polar surface area (TPSA) is 93.0 Å². The molecule has 3 heterocycles. The van der Waals surface area contributed by atoms with Crippen molar-refractivity contribution in [2.24, 2.45) is 7.05 Å². The highest BCUT2D eigenvalue weighted by molar-refractivity contribution is 7.89. The van der Waals surface area contributed by atoms with E-state index in [1.165, 1.54) is 23.2 Å². The Morgan fingerprint density at radius 1 is 1.11 bits per heavy atom. The minimum absolute atomic E-state index is 0.00467. The molecule has 3 aromatic rings. The van der Waals surface area contributed by atoms with Crippen molar-refractivity contribution in [1.29, 1.82) is 0 Å². The highest BCUT2D eigenvalue weighted by atomic mass is 32.2. The monoisotopic (exact) mass is 398 g/mol. The molecule has 2 atom stereocenters. The van der Waals surface area contributed by atoms with Crippen LogP contribution in [0, 0.1) is 6.92 Å². The van der Waals surface area contributed by atoms with Crippen LogP contribution in [0.15, 0.2) is 60.3 Å². The Balaban J connectivity index is 1.65. The van der Waals surface area contributed by atoms with Crippen molar-refractivity contribution >= 4 is 15.8 Å². The van der Waals surface area contributed by atoms with Crippen molar-refractivity contribution in [2.45, 2.75) is 23.9 Å². The highest BCUT2D eigenvalue weighted by Gasteiger charge is 2.41. The van der Waals surface area contributed by atoms with Gasteiger partial charge < -0.3 is 9.88 Å². The molecule has 8 nitrogen and oxygen atoms in total. The van der Waals surface area contributed by atoms with Crippen LogP contribution in [-0.2, 0) is 17.1 Å². The van der Waals surface area contributed by atoms with Gasteiger partial charge in [0.1, 0.15) is 12.1 Å². The number of nitrogens with zero attached hydrogens (tertiary/aromatic N) is 5. The number of anilines is 1. The van der Waals surface area contributed by atoms with Crippen LogP contribution < -0.4 is 5.32 Å². The van der Waals surface area contributed by atoms with Gasteiger partial charge >= 0.3 is 0 Å². The number of sulfonamides is 1. The van der Waals surface area contributed by atoms with E-state index in [1.54, 1.807) is 11.6 Å². The van der Waals surface area contributed by atoms with E-state index in [1.807, 2.05) is 43.3 Å². The van der Waals surface area contributed by atoms with Crippen molar-refractivity contribution in [2.75, 3.05) is 18.4 Å². The Kier molecular flexibility index (Phi) is 4.86. The van der Waals surface area contributed by atoms with E-state index in [4.69, 9.17) is 0 Å². The van der Waals surface area contributed by atoms with Crippen molar-refractivity contribution in [3.63, 3.8) is 0 Å². The molecule has 1 fully saturated rings. The molecule has 1 aromatic carbocycles. The van der Waals surface area contributed by atoms with Gasteiger partial charge in [-0.2, -0.15) is 4.31 Å². The highest BCUT2D eigenvalue weighted by Crippen LogP contribution is 2.32. The van der Waals surface area contributed by atoms with E-state index in [0.717, 1.165) is 11.3 Å². The molecular weight excluding hydrogens is 376 g/mol. The predicted molar refractivity (Wildman–Crippen MR) is 105 cm³/mol. The van der Waals surface area contributed by atoms with Crippen molar-refractivity contribution in [1.82, 2.24) is 23.8 Å². The maximum Gasteiger partial charge on any atom is 0.262 e. The second-order valence-electron chi connectivity index (χ2n) is 7.01. The molecule has 2 aromatic heterocycles. The van der Waals surface area contributed by atoms with Gasteiger partial charge in [-0.15, -0.1) is 0 Å². The van der Waals surface area contributed by atoms with Gasteiger partial charge in [0, 0.05) is 50.1 Å². The third-order valence-corrected chi connectivity index (χ3v) is 6.65. The van der Waals surface area contributed by atoms with Gasteiger partial charge in [0.2, 0.25) is 0 Å². The third kappa shape index (κ3) is 3.63. The number of aryl methyl sites for hydroxylation is 2. The molecule has 0 bridgehead atoms. The summed E-state index contributed by atoms with van der Waals surface area (Å²) in [5.41, 5.74) is 1.94. The zero-order valence-electron chi connectivity index (χ0n) is 15.7. The Hall–Kier alpha value is -2.78. The van der Waals surface area contributed by atoms with Crippen LogP contribution in [0.5, 0.6) is 0 Å². The third-order valence-electron chi connectivity index (χ3n) is 4.94. The van der Waals surface area contributed by atoms with E-state index in [0.29, 0.717) is 18.9 Å². The number of benzene rings is 1. The summed E-state index contributed by atoms with van der Waals surface area (Å²) < 4.78 is 29.3. The van der Waals surface area contributed by atoms with Gasteiger partial charge in [-0.25, -0.2) is 23.4 Å². The van der Waals surface area contributed by atoms with Gasteiger partial charge in [-0.3, -0.25) is 0 Å². The molecule has 0 amide bonds. The summed E-state index contributed by atoms with van der Waals surface area (Å²) in [7, 11) is -1.91. The molecule has 146 valence electrons. The lowest BCUT2D eigenvalue weighted by Crippen LogP contribution is -2.32. The number of hydrogen-bond donors (Lipinski definition) is 1. The van der Waals surface area contributed by atoms with E-state index in [9.17, 15) is 8.42 Å². The number of nitrogens with one attached hydrogen (secondary N) is 1. The van der Waals surface area contributed by atoms with Crippen LogP contribution in [0.1, 0.15) is 17.2 Å². The Morgan fingerprint density at radius 2 is 1.89 bits per heavy atom. The molecule has 28 heavy (non-hydrogen) atoms. The Labute approximate surface area is 164 Å². The second-order valence-corrected chi connectivity index (χ2v) is 8.90. The van der Waals surface area contributed by atoms with E-state index in [2.05, 4.69) is 20.3 Å². The lowest BCUT2D eigenvalue weighted by atomic mass is 9.94. The lowest BCUT2D eigenvalue weighted by molar-refractivity contribution is 0.468. The fourth-order valence-corrected chi connectivity index (χ4v) is 4.98. The summed E-state index contributed by atoms with van der Waals surface area (Å²) in [6.45, 7) is 2.61. The van der Waals surface area contributed by atoms with Crippen LogP contribution in [0.2, 0.25) is 0 Å². The zero-order chi connectivity index (χ0) is 19.7. The first-order valence-electron chi connectivity index (χ1n) is 9.02. The molecule has 1 aliphatic heterocycles. The van der Waals surface area contributed by atoms with Gasteiger partial charge in [0.05, 0.1) is 6.33 Å². The van der Waals surface area contributed by atoms with E-state index >= 15 is 0 Å². The molecule has 9 heteroatoms. The number of aromatic nitrogens is 4. The quantitative estimate of drug-likeness (QED) is 0.704. The minimum Gasteiger partial charge on any atom is -0.365 e. The summed E-state index contributed by atoms with van der Waals surface area (Å²) >= 11 is 0. The molecular formula is C19H22N6O2S. The van der Waals surface area contributed by atoms with Crippen molar-refractivity contribution in [3.8, 4) is 0 Å². The second kappa shape index (κ2) is 7.33.